The SMILES string of the molecule is Cc1ccc(NC(=O)C(C)(C)C)cc1NC(=O)C1CCCNC1.Cl. The predicted molar refractivity (Wildman–Crippen MR) is 101 cm³/mol. The number of benzene rings is 1. The average Bonchev–Trinajstić information content (AvgIpc) is 2.50. The molecule has 24 heavy (non-hydrogen) atoms. The van der Waals surface area contributed by atoms with E-state index >= 15 is 0 Å². The standard InChI is InChI=1S/C18H27N3O2.ClH/c1-12-7-8-14(20-17(23)18(2,3)4)10-15(12)21-16(22)13-6-5-9-19-11-13;/h7-8,10,13,19H,5-6,9,11H2,1-4H3,(H,20,23)(H,21,22);1H. The molecular formula is C18H28ClN3O2. The predicted octanol–water partition coefficient (Wildman–Crippen LogP) is 3.34. The van der Waals surface area contributed by atoms with E-state index in [0.717, 1.165) is 37.2 Å². The lowest BCUT2D eigenvalue weighted by Gasteiger charge is -2.23. The summed E-state index contributed by atoms with van der Waals surface area (Å²) >= 11 is 0. The lowest BCUT2D eigenvalue weighted by Crippen LogP contribution is -2.37. The van der Waals surface area contributed by atoms with Crippen molar-refractivity contribution in [3.05, 3.63) is 23.8 Å². The molecule has 1 aliphatic heterocycles. The van der Waals surface area contributed by atoms with E-state index in [0.29, 0.717) is 5.69 Å². The number of aryl methyl sites for hydroxylation is 1. The number of hydrogen-bond donors (Lipinski definition) is 3. The van der Waals surface area contributed by atoms with Gasteiger partial charge in [0.05, 0.1) is 5.92 Å². The van der Waals surface area contributed by atoms with Crippen LogP contribution in [0.2, 0.25) is 0 Å². The molecule has 2 rings (SSSR count). The van der Waals surface area contributed by atoms with Crippen molar-refractivity contribution in [2.45, 2.75) is 40.5 Å². The fourth-order valence-electron chi connectivity index (χ4n) is 2.46. The molecule has 1 aromatic rings. The first-order valence-electron chi connectivity index (χ1n) is 8.21. The molecule has 0 radical (unpaired) electrons. The Labute approximate surface area is 150 Å². The van der Waals surface area contributed by atoms with Gasteiger partial charge in [0.2, 0.25) is 11.8 Å². The van der Waals surface area contributed by atoms with Crippen molar-refractivity contribution in [1.82, 2.24) is 5.32 Å². The maximum Gasteiger partial charge on any atom is 0.229 e. The van der Waals surface area contributed by atoms with Crippen LogP contribution < -0.4 is 16.0 Å². The second kappa shape index (κ2) is 8.49. The summed E-state index contributed by atoms with van der Waals surface area (Å²) in [5, 5.41) is 9.15. The van der Waals surface area contributed by atoms with Gasteiger partial charge in [-0.3, -0.25) is 9.59 Å². The molecule has 1 saturated heterocycles. The molecule has 134 valence electrons. The van der Waals surface area contributed by atoms with E-state index in [-0.39, 0.29) is 30.1 Å². The summed E-state index contributed by atoms with van der Waals surface area (Å²) in [6, 6.07) is 5.59. The minimum Gasteiger partial charge on any atom is -0.326 e. The largest absolute Gasteiger partial charge is 0.326 e. The topological polar surface area (TPSA) is 70.2 Å². The third-order valence-corrected chi connectivity index (χ3v) is 4.10. The molecule has 5 nitrogen and oxygen atoms in total. The molecule has 0 saturated carbocycles. The third-order valence-electron chi connectivity index (χ3n) is 4.10. The summed E-state index contributed by atoms with van der Waals surface area (Å²) in [6.07, 6.45) is 1.94. The van der Waals surface area contributed by atoms with Crippen LogP contribution in [-0.4, -0.2) is 24.9 Å². The molecule has 1 atom stereocenters. The van der Waals surface area contributed by atoms with Crippen molar-refractivity contribution in [3.8, 4) is 0 Å². The second-order valence-corrected chi connectivity index (χ2v) is 7.27. The fraction of sp³-hybridized carbons (Fsp3) is 0.556. The first kappa shape index (κ1) is 20.5. The number of amides is 2. The molecule has 1 fully saturated rings. The highest BCUT2D eigenvalue weighted by molar-refractivity contribution is 5.97. The van der Waals surface area contributed by atoms with E-state index in [2.05, 4.69) is 16.0 Å². The highest BCUT2D eigenvalue weighted by Gasteiger charge is 2.23. The summed E-state index contributed by atoms with van der Waals surface area (Å²) in [5.74, 6) is 0.00526. The molecule has 0 aliphatic carbocycles. The van der Waals surface area contributed by atoms with E-state index in [1.165, 1.54) is 0 Å². The van der Waals surface area contributed by atoms with Crippen molar-refractivity contribution in [3.63, 3.8) is 0 Å². The molecule has 6 heteroatoms. The molecule has 1 heterocycles. The molecule has 1 aromatic carbocycles. The Morgan fingerprint density at radius 1 is 1.21 bits per heavy atom. The van der Waals surface area contributed by atoms with Crippen molar-refractivity contribution in [2.24, 2.45) is 11.3 Å². The molecule has 0 bridgehead atoms. The summed E-state index contributed by atoms with van der Waals surface area (Å²) in [7, 11) is 0. The summed E-state index contributed by atoms with van der Waals surface area (Å²) in [4.78, 5) is 24.5. The minimum absolute atomic E-state index is 0. The van der Waals surface area contributed by atoms with Gasteiger partial charge in [-0.25, -0.2) is 0 Å². The molecule has 2 amide bonds. The van der Waals surface area contributed by atoms with Crippen molar-refractivity contribution in [2.75, 3.05) is 23.7 Å². The third kappa shape index (κ3) is 5.49. The Bertz CT molecular complexity index is 590. The zero-order valence-corrected chi connectivity index (χ0v) is 15.7. The van der Waals surface area contributed by atoms with Crippen LogP contribution in [0, 0.1) is 18.3 Å². The Morgan fingerprint density at radius 2 is 1.92 bits per heavy atom. The number of carbonyl (C=O) groups excluding carboxylic acids is 2. The molecule has 1 aliphatic rings. The monoisotopic (exact) mass is 353 g/mol. The average molecular weight is 354 g/mol. The van der Waals surface area contributed by atoms with Crippen molar-refractivity contribution < 1.29 is 9.59 Å². The molecule has 3 N–H and O–H groups in total. The van der Waals surface area contributed by atoms with Gasteiger partial charge >= 0.3 is 0 Å². The van der Waals surface area contributed by atoms with E-state index < -0.39 is 5.41 Å². The van der Waals surface area contributed by atoms with Crippen LogP contribution in [0.3, 0.4) is 0 Å². The Morgan fingerprint density at radius 3 is 2.50 bits per heavy atom. The highest BCUT2D eigenvalue weighted by atomic mass is 35.5. The van der Waals surface area contributed by atoms with Crippen LogP contribution in [0.25, 0.3) is 0 Å². The van der Waals surface area contributed by atoms with Gasteiger partial charge in [0.25, 0.3) is 0 Å². The molecule has 1 unspecified atom stereocenters. The smallest absolute Gasteiger partial charge is 0.229 e. The van der Waals surface area contributed by atoms with Gasteiger partial charge in [-0.1, -0.05) is 26.8 Å². The van der Waals surface area contributed by atoms with Gasteiger partial charge in [0.1, 0.15) is 0 Å². The van der Waals surface area contributed by atoms with Crippen LogP contribution in [0.4, 0.5) is 11.4 Å². The summed E-state index contributed by atoms with van der Waals surface area (Å²) in [6.45, 7) is 9.27. The molecular weight excluding hydrogens is 326 g/mol. The van der Waals surface area contributed by atoms with E-state index in [9.17, 15) is 9.59 Å². The van der Waals surface area contributed by atoms with Gasteiger partial charge in [0, 0.05) is 23.3 Å². The number of carbonyl (C=O) groups is 2. The maximum absolute atomic E-state index is 12.4. The number of piperidine rings is 1. The lowest BCUT2D eigenvalue weighted by molar-refractivity contribution is -0.123. The summed E-state index contributed by atoms with van der Waals surface area (Å²) < 4.78 is 0. The van der Waals surface area contributed by atoms with E-state index in [4.69, 9.17) is 0 Å². The summed E-state index contributed by atoms with van der Waals surface area (Å²) in [5.41, 5.74) is 1.98. The molecule has 0 spiro atoms. The fourth-order valence-corrected chi connectivity index (χ4v) is 2.46. The first-order chi connectivity index (χ1) is 10.8. The van der Waals surface area contributed by atoms with E-state index in [1.54, 1.807) is 0 Å². The Hall–Kier alpha value is -1.59. The van der Waals surface area contributed by atoms with E-state index in [1.807, 2.05) is 45.9 Å². The zero-order chi connectivity index (χ0) is 17.0. The van der Waals surface area contributed by atoms with Crippen LogP contribution in [-0.2, 0) is 9.59 Å². The highest BCUT2D eigenvalue weighted by Crippen LogP contribution is 2.24. The number of hydrogen-bond acceptors (Lipinski definition) is 3. The Balaban J connectivity index is 0.00000288. The van der Waals surface area contributed by atoms with Crippen molar-refractivity contribution >= 4 is 35.6 Å². The van der Waals surface area contributed by atoms with Gasteiger partial charge in [0.15, 0.2) is 0 Å². The van der Waals surface area contributed by atoms with Gasteiger partial charge < -0.3 is 16.0 Å². The minimum atomic E-state index is -0.456. The first-order valence-corrected chi connectivity index (χ1v) is 8.21. The molecule has 0 aromatic heterocycles. The van der Waals surface area contributed by atoms with Crippen LogP contribution in [0.5, 0.6) is 0 Å². The quantitative estimate of drug-likeness (QED) is 0.780. The second-order valence-electron chi connectivity index (χ2n) is 7.27. The van der Waals surface area contributed by atoms with Gasteiger partial charge in [-0.05, 0) is 44.0 Å². The normalized spacial score (nSPS) is 17.6. The number of halogens is 1. The zero-order valence-electron chi connectivity index (χ0n) is 14.9. The maximum atomic E-state index is 12.4. The number of anilines is 2. The number of nitrogens with one attached hydrogen (secondary N) is 3. The van der Waals surface area contributed by atoms with Gasteiger partial charge in [-0.2, -0.15) is 0 Å². The Kier molecular flexibility index (Phi) is 7.24. The van der Waals surface area contributed by atoms with Crippen LogP contribution in [0.15, 0.2) is 18.2 Å². The number of rotatable bonds is 3. The lowest BCUT2D eigenvalue weighted by atomic mass is 9.95. The van der Waals surface area contributed by atoms with Crippen molar-refractivity contribution in [1.29, 1.82) is 0 Å². The van der Waals surface area contributed by atoms with Crippen LogP contribution >= 0.6 is 12.4 Å². The van der Waals surface area contributed by atoms with Gasteiger partial charge in [-0.15, -0.1) is 12.4 Å². The van der Waals surface area contributed by atoms with Crippen LogP contribution in [0.1, 0.15) is 39.2 Å².